The fourth-order valence-electron chi connectivity index (χ4n) is 5.59. The number of carbonyl (C=O) groups is 1. The molecule has 3 aromatic rings. The van der Waals surface area contributed by atoms with Crippen molar-refractivity contribution >= 4 is 39.5 Å². The summed E-state index contributed by atoms with van der Waals surface area (Å²) in [6.45, 7) is 3.51. The molecular formula is C29H35N9O2S. The first-order valence-electron chi connectivity index (χ1n) is 14.0. The van der Waals surface area contributed by atoms with E-state index in [0.29, 0.717) is 65.6 Å². The number of likely N-dealkylation sites (N-methyl/N-ethyl adjacent to an activating group) is 1. The molecule has 12 heteroatoms. The number of ether oxygens (including phenoxy) is 1. The van der Waals surface area contributed by atoms with Crippen LogP contribution in [0.15, 0.2) is 30.2 Å². The molecular weight excluding hydrogens is 538 g/mol. The SMILES string of the molecule is CCC/C(C(=O)[C@H]1CCCc2sc(N)c(C#N)c21)=C(/N)c1nc(Nc2cnccn2)cc(OC[C@@H]2CCCN2C)n1. The third-order valence-corrected chi connectivity index (χ3v) is 8.80. The van der Waals surface area contributed by atoms with Crippen molar-refractivity contribution in [3.05, 3.63) is 52.1 Å². The van der Waals surface area contributed by atoms with Crippen molar-refractivity contribution in [1.29, 1.82) is 5.26 Å². The van der Waals surface area contributed by atoms with Crippen molar-refractivity contribution < 1.29 is 9.53 Å². The summed E-state index contributed by atoms with van der Waals surface area (Å²) in [5.74, 6) is 0.896. The Balaban J connectivity index is 1.52. The number of Topliss-reactive ketones (excluding diaryl/α,β-unsaturated/α-hetero) is 1. The normalized spacial score (nSPS) is 19.2. The van der Waals surface area contributed by atoms with Crippen LogP contribution in [0.1, 0.15) is 73.2 Å². The molecule has 5 rings (SSSR count). The molecule has 3 aromatic heterocycles. The van der Waals surface area contributed by atoms with E-state index in [1.54, 1.807) is 24.7 Å². The summed E-state index contributed by atoms with van der Waals surface area (Å²) in [7, 11) is 2.09. The first-order chi connectivity index (χ1) is 19.9. The molecule has 0 unspecified atom stereocenters. The number of fused-ring (bicyclic) bond motifs is 1. The van der Waals surface area contributed by atoms with Crippen LogP contribution in [-0.4, -0.2) is 56.9 Å². The summed E-state index contributed by atoms with van der Waals surface area (Å²) in [6, 6.07) is 4.21. The number of anilines is 3. The molecule has 1 fully saturated rings. The molecule has 1 aliphatic carbocycles. The number of nitrogens with zero attached hydrogens (tertiary/aromatic N) is 6. The summed E-state index contributed by atoms with van der Waals surface area (Å²) < 4.78 is 6.15. The number of nitrogen functional groups attached to an aromatic ring is 1. The highest BCUT2D eigenvalue weighted by Gasteiger charge is 2.34. The summed E-state index contributed by atoms with van der Waals surface area (Å²) in [6.07, 6.45) is 10.4. The Morgan fingerprint density at radius 1 is 1.27 bits per heavy atom. The Morgan fingerprint density at radius 2 is 2.12 bits per heavy atom. The first kappa shape index (κ1) is 28.4. The van der Waals surface area contributed by atoms with Crippen LogP contribution in [0.25, 0.3) is 5.70 Å². The molecule has 11 nitrogen and oxygen atoms in total. The molecule has 2 atom stereocenters. The van der Waals surface area contributed by atoms with Gasteiger partial charge in [0.25, 0.3) is 0 Å². The standard InChI is InChI=1S/C29H35N9O2S/c1-3-6-19(27(39)18-8-4-9-21-25(18)20(14-30)28(32)41-21)26(31)29-36-22(35-23-15-33-10-11-34-23)13-24(37-29)40-16-17-7-5-12-38(17)2/h10-11,13,15,17-18H,3-9,12,16,31-32H2,1-2H3,(H,34,35,36,37)/b26-19-/t17-,18-/m0/s1. The minimum Gasteiger partial charge on any atom is -0.476 e. The second kappa shape index (κ2) is 12.6. The molecule has 4 heterocycles. The molecule has 1 aliphatic heterocycles. The molecule has 5 N–H and O–H groups in total. The summed E-state index contributed by atoms with van der Waals surface area (Å²) >= 11 is 1.40. The number of hydrogen-bond acceptors (Lipinski definition) is 12. The van der Waals surface area contributed by atoms with Crippen molar-refractivity contribution in [3.8, 4) is 11.9 Å². The van der Waals surface area contributed by atoms with Crippen LogP contribution in [-0.2, 0) is 11.2 Å². The number of aryl methyl sites for hydroxylation is 1. The number of allylic oxidation sites excluding steroid dienone is 1. The lowest BCUT2D eigenvalue weighted by Crippen LogP contribution is -2.30. The van der Waals surface area contributed by atoms with Crippen LogP contribution >= 0.6 is 11.3 Å². The zero-order valence-electron chi connectivity index (χ0n) is 23.4. The van der Waals surface area contributed by atoms with Gasteiger partial charge in [0, 0.05) is 40.9 Å². The molecule has 214 valence electrons. The highest BCUT2D eigenvalue weighted by Crippen LogP contribution is 2.44. The van der Waals surface area contributed by atoms with Gasteiger partial charge in [-0.05, 0) is 57.7 Å². The van der Waals surface area contributed by atoms with Crippen LogP contribution in [0.2, 0.25) is 0 Å². The number of aromatic nitrogens is 4. The number of rotatable bonds is 10. The van der Waals surface area contributed by atoms with Crippen LogP contribution in [0.5, 0.6) is 5.88 Å². The van der Waals surface area contributed by atoms with Crippen molar-refractivity contribution in [2.75, 3.05) is 31.2 Å². The Labute approximate surface area is 243 Å². The van der Waals surface area contributed by atoms with E-state index in [2.05, 4.69) is 43.3 Å². The minimum absolute atomic E-state index is 0.106. The second-order valence-corrected chi connectivity index (χ2v) is 11.6. The van der Waals surface area contributed by atoms with Crippen LogP contribution in [0, 0.1) is 11.3 Å². The van der Waals surface area contributed by atoms with E-state index in [9.17, 15) is 10.1 Å². The monoisotopic (exact) mass is 573 g/mol. The van der Waals surface area contributed by atoms with Gasteiger partial charge in [-0.2, -0.15) is 10.2 Å². The molecule has 0 spiro atoms. The van der Waals surface area contributed by atoms with E-state index < -0.39 is 5.92 Å². The van der Waals surface area contributed by atoms with Crippen molar-refractivity contribution in [2.45, 2.75) is 63.8 Å². The molecule has 1 saturated heterocycles. The van der Waals surface area contributed by atoms with E-state index in [1.165, 1.54) is 11.3 Å². The lowest BCUT2D eigenvalue weighted by Gasteiger charge is -2.24. The van der Waals surface area contributed by atoms with Gasteiger partial charge in [-0.15, -0.1) is 11.3 Å². The number of nitriles is 1. The molecule has 0 bridgehead atoms. The number of hydrogen-bond donors (Lipinski definition) is 3. The number of nitrogens with two attached hydrogens (primary N) is 2. The predicted molar refractivity (Wildman–Crippen MR) is 159 cm³/mol. The first-order valence-corrected chi connectivity index (χ1v) is 14.8. The fraction of sp³-hybridized carbons (Fsp3) is 0.448. The van der Waals surface area contributed by atoms with Crippen molar-refractivity contribution in [3.63, 3.8) is 0 Å². The van der Waals surface area contributed by atoms with Gasteiger partial charge in [-0.25, -0.2) is 9.97 Å². The molecule has 0 radical (unpaired) electrons. The van der Waals surface area contributed by atoms with Crippen LogP contribution in [0.3, 0.4) is 0 Å². The highest BCUT2D eigenvalue weighted by atomic mass is 32.1. The zero-order valence-corrected chi connectivity index (χ0v) is 24.2. The quantitative estimate of drug-likeness (QED) is 0.298. The Kier molecular flexibility index (Phi) is 8.75. The lowest BCUT2D eigenvalue weighted by atomic mass is 9.79. The topological polar surface area (TPSA) is 169 Å². The van der Waals surface area contributed by atoms with Gasteiger partial charge in [-0.1, -0.05) is 13.3 Å². The molecule has 0 saturated carbocycles. The maximum absolute atomic E-state index is 14.1. The van der Waals surface area contributed by atoms with Crippen LogP contribution in [0.4, 0.5) is 16.6 Å². The van der Waals surface area contributed by atoms with E-state index in [-0.39, 0.29) is 17.3 Å². The second-order valence-electron chi connectivity index (χ2n) is 10.5. The molecule has 2 aliphatic rings. The Bertz CT molecular complexity index is 1480. The zero-order chi connectivity index (χ0) is 28.9. The number of nitrogens with one attached hydrogen (secondary N) is 1. The smallest absolute Gasteiger partial charge is 0.219 e. The van der Waals surface area contributed by atoms with Gasteiger partial charge in [-0.3, -0.25) is 9.78 Å². The number of carbonyl (C=O) groups excluding carboxylic acids is 1. The molecule has 0 amide bonds. The highest BCUT2D eigenvalue weighted by molar-refractivity contribution is 7.16. The van der Waals surface area contributed by atoms with Gasteiger partial charge in [0.05, 0.1) is 17.5 Å². The van der Waals surface area contributed by atoms with Gasteiger partial charge >= 0.3 is 0 Å². The fourth-order valence-corrected chi connectivity index (χ4v) is 6.71. The Hall–Kier alpha value is -4.08. The summed E-state index contributed by atoms with van der Waals surface area (Å²) in [4.78, 5) is 35.1. The number of thiophene rings is 1. The van der Waals surface area contributed by atoms with E-state index >= 15 is 0 Å². The van der Waals surface area contributed by atoms with Gasteiger partial charge in [0.15, 0.2) is 11.6 Å². The third-order valence-electron chi connectivity index (χ3n) is 7.70. The molecule has 0 aromatic carbocycles. The van der Waals surface area contributed by atoms with Gasteiger partial charge in [0.1, 0.15) is 29.3 Å². The van der Waals surface area contributed by atoms with E-state index in [0.717, 1.165) is 42.7 Å². The van der Waals surface area contributed by atoms with Crippen molar-refractivity contribution in [1.82, 2.24) is 24.8 Å². The van der Waals surface area contributed by atoms with Crippen LogP contribution < -0.4 is 21.5 Å². The van der Waals surface area contributed by atoms with Crippen molar-refractivity contribution in [2.24, 2.45) is 5.73 Å². The average molecular weight is 574 g/mol. The Morgan fingerprint density at radius 3 is 2.83 bits per heavy atom. The summed E-state index contributed by atoms with van der Waals surface area (Å²) in [5.41, 5.74) is 14.7. The van der Waals surface area contributed by atoms with E-state index in [1.807, 2.05) is 6.92 Å². The molecule has 41 heavy (non-hydrogen) atoms. The van der Waals surface area contributed by atoms with Gasteiger partial charge in [0.2, 0.25) is 5.88 Å². The average Bonchev–Trinajstić information content (AvgIpc) is 3.55. The number of likely N-dealkylation sites (tertiary alicyclic amines) is 1. The summed E-state index contributed by atoms with van der Waals surface area (Å²) in [5, 5.41) is 13.4. The largest absolute Gasteiger partial charge is 0.476 e. The maximum atomic E-state index is 14.1. The lowest BCUT2D eigenvalue weighted by molar-refractivity contribution is -0.117. The minimum atomic E-state index is -0.475. The maximum Gasteiger partial charge on any atom is 0.219 e. The van der Waals surface area contributed by atoms with Gasteiger partial charge < -0.3 is 26.4 Å². The number of ketones is 1. The third kappa shape index (κ3) is 6.16. The predicted octanol–water partition coefficient (Wildman–Crippen LogP) is 4.16. The van der Waals surface area contributed by atoms with E-state index in [4.69, 9.17) is 16.2 Å².